The van der Waals surface area contributed by atoms with Crippen LogP contribution in [0.25, 0.3) is 10.9 Å². The van der Waals surface area contributed by atoms with Crippen molar-refractivity contribution in [3.05, 3.63) is 64.4 Å². The van der Waals surface area contributed by atoms with Gasteiger partial charge in [0.15, 0.2) is 0 Å². The summed E-state index contributed by atoms with van der Waals surface area (Å²) in [4.78, 5) is 21.7. The highest BCUT2D eigenvalue weighted by atomic mass is 35.5. The first-order valence-corrected chi connectivity index (χ1v) is 10.1. The molecule has 1 amide bonds. The summed E-state index contributed by atoms with van der Waals surface area (Å²) in [7, 11) is 1.57. The predicted octanol–water partition coefficient (Wildman–Crippen LogP) is 2.76. The predicted molar refractivity (Wildman–Crippen MR) is 113 cm³/mol. The molecule has 0 saturated carbocycles. The number of benzene rings is 1. The van der Waals surface area contributed by atoms with Crippen LogP contribution in [-0.2, 0) is 11.2 Å². The standard InChI is InChI=1S/C22H22ClN3O4/c1-29-20-6-5-13(11-24-20)9-14-10-18(25-21-15(14)3-2-4-16(21)23)22(28)26-17-7-8-30-12-19(17)27/h2-6,10-11,17,19,27H,7-9,12H2,1H3,(H,26,28). The van der Waals surface area contributed by atoms with Gasteiger partial charge < -0.3 is 19.9 Å². The number of aliphatic hydroxyl groups is 1. The van der Waals surface area contributed by atoms with Crippen LogP contribution in [0.1, 0.15) is 28.0 Å². The van der Waals surface area contributed by atoms with Gasteiger partial charge >= 0.3 is 0 Å². The average molecular weight is 428 g/mol. The fraction of sp³-hybridized carbons (Fsp3) is 0.318. The summed E-state index contributed by atoms with van der Waals surface area (Å²) in [6, 6.07) is 10.7. The Morgan fingerprint density at radius 3 is 2.97 bits per heavy atom. The average Bonchev–Trinajstić information content (AvgIpc) is 2.76. The number of carbonyl (C=O) groups is 1. The minimum absolute atomic E-state index is 0.206. The van der Waals surface area contributed by atoms with Crippen LogP contribution in [0.4, 0.5) is 0 Å². The van der Waals surface area contributed by atoms with Crippen molar-refractivity contribution in [3.8, 4) is 5.88 Å². The number of ether oxygens (including phenoxy) is 2. The lowest BCUT2D eigenvalue weighted by Crippen LogP contribution is -2.48. The van der Waals surface area contributed by atoms with E-state index in [1.54, 1.807) is 31.5 Å². The first-order chi connectivity index (χ1) is 14.5. The second-order valence-electron chi connectivity index (χ2n) is 7.20. The van der Waals surface area contributed by atoms with Crippen molar-refractivity contribution in [2.24, 2.45) is 0 Å². The zero-order valence-electron chi connectivity index (χ0n) is 16.5. The Balaban J connectivity index is 1.68. The number of amides is 1. The molecule has 0 spiro atoms. The van der Waals surface area contributed by atoms with E-state index in [0.717, 1.165) is 16.5 Å². The number of nitrogens with one attached hydrogen (secondary N) is 1. The van der Waals surface area contributed by atoms with Gasteiger partial charge in [-0.05, 0) is 36.1 Å². The number of nitrogens with zero attached hydrogens (tertiary/aromatic N) is 2. The third-order valence-electron chi connectivity index (χ3n) is 5.15. The lowest BCUT2D eigenvalue weighted by atomic mass is 10.0. The van der Waals surface area contributed by atoms with Gasteiger partial charge in [0.05, 0.1) is 36.4 Å². The highest BCUT2D eigenvalue weighted by molar-refractivity contribution is 6.35. The van der Waals surface area contributed by atoms with Gasteiger partial charge in [0.2, 0.25) is 5.88 Å². The normalized spacial score (nSPS) is 18.9. The number of halogens is 1. The fourth-order valence-corrected chi connectivity index (χ4v) is 3.75. The SMILES string of the molecule is COc1ccc(Cc2cc(C(=O)NC3CCOCC3O)nc3c(Cl)cccc23)cn1. The summed E-state index contributed by atoms with van der Waals surface area (Å²) in [5, 5.41) is 14.3. The zero-order chi connectivity index (χ0) is 21.1. The molecule has 2 atom stereocenters. The molecule has 156 valence electrons. The highest BCUT2D eigenvalue weighted by Gasteiger charge is 2.26. The van der Waals surface area contributed by atoms with Gasteiger partial charge in [-0.15, -0.1) is 0 Å². The van der Waals surface area contributed by atoms with Gasteiger partial charge in [0.25, 0.3) is 5.91 Å². The quantitative estimate of drug-likeness (QED) is 0.650. The second-order valence-corrected chi connectivity index (χ2v) is 7.61. The monoisotopic (exact) mass is 427 g/mol. The number of hydrogen-bond acceptors (Lipinski definition) is 6. The molecule has 1 fully saturated rings. The Morgan fingerprint density at radius 1 is 1.37 bits per heavy atom. The Morgan fingerprint density at radius 2 is 2.23 bits per heavy atom. The molecule has 1 saturated heterocycles. The number of aromatic nitrogens is 2. The van der Waals surface area contributed by atoms with E-state index in [4.69, 9.17) is 21.1 Å². The Labute approximate surface area is 179 Å². The van der Waals surface area contributed by atoms with Crippen molar-refractivity contribution in [3.63, 3.8) is 0 Å². The zero-order valence-corrected chi connectivity index (χ0v) is 17.2. The lowest BCUT2D eigenvalue weighted by molar-refractivity contribution is -0.0261. The van der Waals surface area contributed by atoms with Crippen LogP contribution in [0, 0.1) is 0 Å². The molecule has 1 aliphatic rings. The molecule has 2 N–H and O–H groups in total. The largest absolute Gasteiger partial charge is 0.481 e. The molecule has 1 aliphatic heterocycles. The van der Waals surface area contributed by atoms with Gasteiger partial charge in [0, 0.05) is 24.3 Å². The van der Waals surface area contributed by atoms with Gasteiger partial charge in [-0.3, -0.25) is 4.79 Å². The van der Waals surface area contributed by atoms with E-state index in [0.29, 0.717) is 35.9 Å². The summed E-state index contributed by atoms with van der Waals surface area (Å²) in [5.74, 6) is 0.188. The molecular formula is C22H22ClN3O4. The van der Waals surface area contributed by atoms with E-state index in [9.17, 15) is 9.90 Å². The number of hydrogen-bond donors (Lipinski definition) is 2. The van der Waals surface area contributed by atoms with Crippen molar-refractivity contribution in [1.29, 1.82) is 0 Å². The first-order valence-electron chi connectivity index (χ1n) is 9.69. The molecule has 3 aromatic rings. The van der Waals surface area contributed by atoms with Crippen molar-refractivity contribution >= 4 is 28.4 Å². The summed E-state index contributed by atoms with van der Waals surface area (Å²) < 4.78 is 10.3. The number of carbonyl (C=O) groups excluding carboxylic acids is 1. The van der Waals surface area contributed by atoms with E-state index >= 15 is 0 Å². The lowest BCUT2D eigenvalue weighted by Gasteiger charge is -2.28. The maximum atomic E-state index is 12.9. The topological polar surface area (TPSA) is 93.6 Å². The molecule has 0 radical (unpaired) electrons. The van der Waals surface area contributed by atoms with E-state index in [-0.39, 0.29) is 24.2 Å². The third-order valence-corrected chi connectivity index (χ3v) is 5.46. The van der Waals surface area contributed by atoms with Crippen LogP contribution in [0.15, 0.2) is 42.6 Å². The van der Waals surface area contributed by atoms with Crippen molar-refractivity contribution in [2.75, 3.05) is 20.3 Å². The van der Waals surface area contributed by atoms with E-state index < -0.39 is 6.10 Å². The van der Waals surface area contributed by atoms with Crippen LogP contribution in [0.5, 0.6) is 5.88 Å². The molecule has 3 heterocycles. The number of para-hydroxylation sites is 1. The number of fused-ring (bicyclic) bond motifs is 1. The first kappa shape index (κ1) is 20.5. The molecule has 0 aliphatic carbocycles. The van der Waals surface area contributed by atoms with E-state index in [2.05, 4.69) is 15.3 Å². The smallest absolute Gasteiger partial charge is 0.270 e. The van der Waals surface area contributed by atoms with Crippen molar-refractivity contribution < 1.29 is 19.4 Å². The molecule has 2 aromatic heterocycles. The molecule has 1 aromatic carbocycles. The van der Waals surface area contributed by atoms with Gasteiger partial charge in [0.1, 0.15) is 5.69 Å². The van der Waals surface area contributed by atoms with Crippen LogP contribution in [0.3, 0.4) is 0 Å². The Bertz CT molecular complexity index is 1060. The second kappa shape index (κ2) is 8.95. The molecule has 7 nitrogen and oxygen atoms in total. The van der Waals surface area contributed by atoms with Crippen molar-refractivity contribution in [2.45, 2.75) is 25.0 Å². The summed E-state index contributed by atoms with van der Waals surface area (Å²) in [6.45, 7) is 0.701. The number of rotatable bonds is 5. The van der Waals surface area contributed by atoms with Crippen molar-refractivity contribution in [1.82, 2.24) is 15.3 Å². The van der Waals surface area contributed by atoms with Gasteiger partial charge in [-0.2, -0.15) is 0 Å². The number of aliphatic hydroxyl groups excluding tert-OH is 1. The number of pyridine rings is 2. The van der Waals surface area contributed by atoms with E-state index in [1.807, 2.05) is 18.2 Å². The molecule has 8 heteroatoms. The number of methoxy groups -OCH3 is 1. The Hall–Kier alpha value is -2.74. The minimum atomic E-state index is -0.739. The van der Waals surface area contributed by atoms with Crippen LogP contribution in [-0.4, -0.2) is 53.5 Å². The van der Waals surface area contributed by atoms with Crippen LogP contribution in [0.2, 0.25) is 5.02 Å². The fourth-order valence-electron chi connectivity index (χ4n) is 3.54. The highest BCUT2D eigenvalue weighted by Crippen LogP contribution is 2.27. The third kappa shape index (κ3) is 4.38. The maximum absolute atomic E-state index is 12.9. The van der Waals surface area contributed by atoms with Crippen LogP contribution >= 0.6 is 11.6 Å². The molecule has 0 bridgehead atoms. The molecule has 4 rings (SSSR count). The molecule has 30 heavy (non-hydrogen) atoms. The van der Waals surface area contributed by atoms with Crippen LogP contribution < -0.4 is 10.1 Å². The Kier molecular flexibility index (Phi) is 6.13. The molecular weight excluding hydrogens is 406 g/mol. The van der Waals surface area contributed by atoms with E-state index in [1.165, 1.54) is 0 Å². The summed E-state index contributed by atoms with van der Waals surface area (Å²) in [6.07, 6.45) is 2.10. The summed E-state index contributed by atoms with van der Waals surface area (Å²) >= 11 is 6.38. The van der Waals surface area contributed by atoms with Gasteiger partial charge in [-0.25, -0.2) is 9.97 Å². The minimum Gasteiger partial charge on any atom is -0.481 e. The summed E-state index contributed by atoms with van der Waals surface area (Å²) in [5.41, 5.74) is 2.70. The van der Waals surface area contributed by atoms with Gasteiger partial charge in [-0.1, -0.05) is 29.8 Å². The molecule has 2 unspecified atom stereocenters. The maximum Gasteiger partial charge on any atom is 0.270 e.